The quantitative estimate of drug-likeness (QED) is 0.885. The fourth-order valence-corrected chi connectivity index (χ4v) is 2.37. The lowest BCUT2D eigenvalue weighted by Gasteiger charge is -2.16. The molecule has 0 saturated heterocycles. The zero-order chi connectivity index (χ0) is 15.2. The zero-order valence-electron chi connectivity index (χ0n) is 12.4. The fourth-order valence-electron chi connectivity index (χ4n) is 2.07. The average Bonchev–Trinajstić information content (AvgIpc) is 2.53. The van der Waals surface area contributed by atoms with E-state index in [9.17, 15) is 0 Å². The van der Waals surface area contributed by atoms with Gasteiger partial charge in [-0.3, -0.25) is 4.98 Å². The van der Waals surface area contributed by atoms with Crippen LogP contribution in [-0.4, -0.2) is 19.2 Å². The summed E-state index contributed by atoms with van der Waals surface area (Å²) in [5.74, 6) is 1.19. The minimum Gasteiger partial charge on any atom is -0.493 e. The number of pyridine rings is 1. The highest BCUT2D eigenvalue weighted by Gasteiger charge is 2.14. The van der Waals surface area contributed by atoms with Crippen molar-refractivity contribution in [3.05, 3.63) is 52.8 Å². The van der Waals surface area contributed by atoms with Gasteiger partial charge in [0.1, 0.15) is 0 Å². The van der Waals surface area contributed by atoms with Gasteiger partial charge in [-0.2, -0.15) is 0 Å². The van der Waals surface area contributed by atoms with E-state index >= 15 is 0 Å². The molecule has 1 heterocycles. The van der Waals surface area contributed by atoms with Gasteiger partial charge in [0.2, 0.25) is 0 Å². The number of halogens is 1. The number of hydrogen-bond acceptors (Lipinski definition) is 4. The van der Waals surface area contributed by atoms with Crippen molar-refractivity contribution in [1.82, 2.24) is 10.3 Å². The number of methoxy groups -OCH3 is 2. The van der Waals surface area contributed by atoms with Crippen molar-refractivity contribution < 1.29 is 9.47 Å². The number of rotatable bonds is 6. The predicted octanol–water partition coefficient (Wildman–Crippen LogP) is 3.60. The van der Waals surface area contributed by atoms with Gasteiger partial charge in [0, 0.05) is 18.8 Å². The van der Waals surface area contributed by atoms with E-state index in [1.54, 1.807) is 20.4 Å². The second kappa shape index (κ2) is 7.29. The largest absolute Gasteiger partial charge is 0.493 e. The Kier molecular flexibility index (Phi) is 5.42. The fraction of sp³-hybridized carbons (Fsp3) is 0.312. The van der Waals surface area contributed by atoms with Crippen molar-refractivity contribution in [3.63, 3.8) is 0 Å². The molecule has 1 N–H and O–H groups in total. The number of nitrogens with zero attached hydrogens (tertiary/aromatic N) is 1. The molecule has 2 aromatic rings. The van der Waals surface area contributed by atoms with Crippen molar-refractivity contribution in [3.8, 4) is 11.5 Å². The van der Waals surface area contributed by atoms with Crippen molar-refractivity contribution in [2.24, 2.45) is 0 Å². The first-order chi connectivity index (χ1) is 10.2. The van der Waals surface area contributed by atoms with Crippen LogP contribution in [0.3, 0.4) is 0 Å². The Morgan fingerprint density at radius 1 is 1.19 bits per heavy atom. The first-order valence-electron chi connectivity index (χ1n) is 6.71. The van der Waals surface area contributed by atoms with Crippen LogP contribution in [0.2, 0.25) is 5.02 Å². The molecule has 0 aliphatic rings. The Morgan fingerprint density at radius 3 is 2.62 bits per heavy atom. The number of nitrogens with one attached hydrogen (secondary N) is 1. The van der Waals surface area contributed by atoms with E-state index in [1.807, 2.05) is 30.3 Å². The maximum atomic E-state index is 6.36. The normalized spacial score (nSPS) is 12.0. The van der Waals surface area contributed by atoms with Gasteiger partial charge in [-0.15, -0.1) is 0 Å². The summed E-state index contributed by atoms with van der Waals surface area (Å²) >= 11 is 6.36. The molecule has 0 fully saturated rings. The molecule has 0 saturated carbocycles. The summed E-state index contributed by atoms with van der Waals surface area (Å²) in [5, 5.41) is 3.97. The Balaban J connectivity index is 2.10. The van der Waals surface area contributed by atoms with E-state index < -0.39 is 0 Å². The summed E-state index contributed by atoms with van der Waals surface area (Å²) in [6.45, 7) is 2.69. The van der Waals surface area contributed by atoms with Crippen LogP contribution in [0.5, 0.6) is 11.5 Å². The van der Waals surface area contributed by atoms with Crippen LogP contribution >= 0.6 is 11.6 Å². The molecule has 0 spiro atoms. The van der Waals surface area contributed by atoms with Gasteiger partial charge in [-0.1, -0.05) is 23.7 Å². The van der Waals surface area contributed by atoms with E-state index in [4.69, 9.17) is 21.1 Å². The molecular formula is C16H19ClN2O2. The van der Waals surface area contributed by atoms with Gasteiger partial charge in [-0.25, -0.2) is 0 Å². The Labute approximate surface area is 130 Å². The zero-order valence-corrected chi connectivity index (χ0v) is 13.1. The molecule has 0 unspecified atom stereocenters. The van der Waals surface area contributed by atoms with Crippen LogP contribution in [0.25, 0.3) is 0 Å². The Bertz CT molecular complexity index is 590. The van der Waals surface area contributed by atoms with Crippen LogP contribution in [-0.2, 0) is 6.54 Å². The van der Waals surface area contributed by atoms with Gasteiger partial charge in [0.15, 0.2) is 11.5 Å². The monoisotopic (exact) mass is 306 g/mol. The van der Waals surface area contributed by atoms with Gasteiger partial charge < -0.3 is 14.8 Å². The summed E-state index contributed by atoms with van der Waals surface area (Å²) in [4.78, 5) is 4.33. The van der Waals surface area contributed by atoms with E-state index in [2.05, 4.69) is 17.2 Å². The standard InChI is InChI=1S/C16H19ClN2O2/c1-11(13-6-4-5-9-18-13)19-10-12-7-8-14(20-2)16(21-3)15(12)17/h4-9,11,19H,10H2,1-3H3/t11-/m1/s1. The first kappa shape index (κ1) is 15.6. The van der Waals surface area contributed by atoms with E-state index in [-0.39, 0.29) is 6.04 Å². The molecular weight excluding hydrogens is 288 g/mol. The molecule has 0 radical (unpaired) electrons. The molecule has 0 amide bonds. The van der Waals surface area contributed by atoms with Crippen LogP contribution < -0.4 is 14.8 Å². The van der Waals surface area contributed by atoms with Crippen LogP contribution in [0, 0.1) is 0 Å². The minimum absolute atomic E-state index is 0.135. The summed E-state index contributed by atoms with van der Waals surface area (Å²) in [6.07, 6.45) is 1.79. The number of hydrogen-bond donors (Lipinski definition) is 1. The molecule has 1 aromatic heterocycles. The molecule has 5 heteroatoms. The molecule has 0 aliphatic heterocycles. The highest BCUT2D eigenvalue weighted by molar-refractivity contribution is 6.33. The molecule has 1 aromatic carbocycles. The number of benzene rings is 1. The van der Waals surface area contributed by atoms with Crippen molar-refractivity contribution >= 4 is 11.6 Å². The van der Waals surface area contributed by atoms with E-state index in [0.717, 1.165) is 11.3 Å². The van der Waals surface area contributed by atoms with Crippen molar-refractivity contribution in [2.45, 2.75) is 19.5 Å². The molecule has 112 valence electrons. The highest BCUT2D eigenvalue weighted by atomic mass is 35.5. The minimum atomic E-state index is 0.135. The highest BCUT2D eigenvalue weighted by Crippen LogP contribution is 2.37. The Morgan fingerprint density at radius 2 is 2.00 bits per heavy atom. The van der Waals surface area contributed by atoms with Crippen LogP contribution in [0.4, 0.5) is 0 Å². The maximum Gasteiger partial charge on any atom is 0.179 e. The Hall–Kier alpha value is -1.78. The molecule has 21 heavy (non-hydrogen) atoms. The van der Waals surface area contributed by atoms with Crippen molar-refractivity contribution in [2.75, 3.05) is 14.2 Å². The van der Waals surface area contributed by atoms with E-state index in [0.29, 0.717) is 23.1 Å². The summed E-state index contributed by atoms with van der Waals surface area (Å²) in [7, 11) is 3.17. The first-order valence-corrected chi connectivity index (χ1v) is 7.08. The summed E-state index contributed by atoms with van der Waals surface area (Å²) < 4.78 is 10.5. The topological polar surface area (TPSA) is 43.4 Å². The molecule has 0 bridgehead atoms. The molecule has 1 atom stereocenters. The summed E-state index contributed by atoms with van der Waals surface area (Å²) in [5.41, 5.74) is 1.95. The van der Waals surface area contributed by atoms with E-state index in [1.165, 1.54) is 0 Å². The SMILES string of the molecule is COc1ccc(CN[C@H](C)c2ccccn2)c(Cl)c1OC. The van der Waals surface area contributed by atoms with Gasteiger partial charge in [0.25, 0.3) is 0 Å². The van der Waals surface area contributed by atoms with Crippen LogP contribution in [0.15, 0.2) is 36.5 Å². The van der Waals surface area contributed by atoms with Crippen LogP contribution in [0.1, 0.15) is 24.2 Å². The third kappa shape index (κ3) is 3.65. The number of aromatic nitrogens is 1. The van der Waals surface area contributed by atoms with Gasteiger partial charge in [0.05, 0.1) is 24.9 Å². The van der Waals surface area contributed by atoms with Gasteiger partial charge >= 0.3 is 0 Å². The molecule has 4 nitrogen and oxygen atoms in total. The average molecular weight is 307 g/mol. The van der Waals surface area contributed by atoms with Gasteiger partial charge in [-0.05, 0) is 30.7 Å². The second-order valence-corrected chi connectivity index (χ2v) is 5.01. The second-order valence-electron chi connectivity index (χ2n) is 4.63. The lowest BCUT2D eigenvalue weighted by atomic mass is 10.1. The summed E-state index contributed by atoms with van der Waals surface area (Å²) in [6, 6.07) is 9.80. The third-order valence-electron chi connectivity index (χ3n) is 3.30. The van der Waals surface area contributed by atoms with Crippen molar-refractivity contribution in [1.29, 1.82) is 0 Å². The third-order valence-corrected chi connectivity index (χ3v) is 3.71. The molecule has 0 aliphatic carbocycles. The smallest absolute Gasteiger partial charge is 0.179 e. The molecule has 2 rings (SSSR count). The lowest BCUT2D eigenvalue weighted by molar-refractivity contribution is 0.354. The number of ether oxygens (including phenoxy) is 2. The maximum absolute atomic E-state index is 6.36. The lowest BCUT2D eigenvalue weighted by Crippen LogP contribution is -2.19. The predicted molar refractivity (Wildman–Crippen MR) is 84.0 cm³/mol.